The maximum atomic E-state index is 11.4. The molecule has 1 aromatic rings. The van der Waals surface area contributed by atoms with Crippen molar-refractivity contribution in [1.82, 2.24) is 0 Å². The SMILES string of the molecule is COCc1cccc(C[C@@](C)(O)C(=O)OC)c1. The van der Waals surface area contributed by atoms with Crippen molar-refractivity contribution in [2.45, 2.75) is 25.6 Å². The molecule has 0 unspecified atom stereocenters. The third kappa shape index (κ3) is 3.84. The summed E-state index contributed by atoms with van der Waals surface area (Å²) in [5.41, 5.74) is 0.376. The first-order valence-corrected chi connectivity index (χ1v) is 5.37. The molecule has 0 aromatic heterocycles. The minimum absolute atomic E-state index is 0.219. The summed E-state index contributed by atoms with van der Waals surface area (Å²) in [5.74, 6) is -0.630. The zero-order chi connectivity index (χ0) is 12.9. The topological polar surface area (TPSA) is 55.8 Å². The molecule has 4 nitrogen and oxygen atoms in total. The molecule has 0 radical (unpaired) electrons. The molecule has 0 aliphatic rings. The largest absolute Gasteiger partial charge is 0.467 e. The molecule has 4 heteroatoms. The molecular weight excluding hydrogens is 220 g/mol. The highest BCUT2D eigenvalue weighted by Crippen LogP contribution is 2.16. The molecule has 0 spiro atoms. The summed E-state index contributed by atoms with van der Waals surface area (Å²) in [6, 6.07) is 7.56. The van der Waals surface area contributed by atoms with Gasteiger partial charge in [0.25, 0.3) is 0 Å². The minimum atomic E-state index is -1.50. The zero-order valence-corrected chi connectivity index (χ0v) is 10.4. The van der Waals surface area contributed by atoms with E-state index < -0.39 is 11.6 Å². The monoisotopic (exact) mass is 238 g/mol. The minimum Gasteiger partial charge on any atom is -0.467 e. The summed E-state index contributed by atoms with van der Waals surface area (Å²) >= 11 is 0. The van der Waals surface area contributed by atoms with E-state index in [-0.39, 0.29) is 6.42 Å². The van der Waals surface area contributed by atoms with Gasteiger partial charge in [-0.2, -0.15) is 0 Å². The number of carbonyl (C=O) groups excluding carboxylic acids is 1. The van der Waals surface area contributed by atoms with E-state index in [1.165, 1.54) is 14.0 Å². The molecule has 0 aliphatic carbocycles. The Balaban J connectivity index is 2.80. The summed E-state index contributed by atoms with van der Waals surface area (Å²) in [4.78, 5) is 11.4. The van der Waals surface area contributed by atoms with Gasteiger partial charge in [0.05, 0.1) is 13.7 Å². The summed E-state index contributed by atoms with van der Waals surface area (Å²) in [6.45, 7) is 1.95. The number of ether oxygens (including phenoxy) is 2. The van der Waals surface area contributed by atoms with Gasteiger partial charge in [-0.05, 0) is 18.1 Å². The number of esters is 1. The lowest BCUT2D eigenvalue weighted by Gasteiger charge is -2.20. The second-order valence-electron chi connectivity index (χ2n) is 4.20. The average molecular weight is 238 g/mol. The second-order valence-corrected chi connectivity index (χ2v) is 4.20. The lowest BCUT2D eigenvalue weighted by atomic mass is 9.95. The van der Waals surface area contributed by atoms with E-state index in [9.17, 15) is 9.90 Å². The molecule has 1 aromatic carbocycles. The summed E-state index contributed by atoms with van der Waals surface area (Å²) < 4.78 is 9.58. The van der Waals surface area contributed by atoms with Crippen molar-refractivity contribution < 1.29 is 19.4 Å². The Kier molecular flexibility index (Phi) is 4.66. The quantitative estimate of drug-likeness (QED) is 0.786. The van der Waals surface area contributed by atoms with Crippen LogP contribution in [-0.4, -0.2) is 30.9 Å². The van der Waals surface area contributed by atoms with Gasteiger partial charge in [0.2, 0.25) is 0 Å². The van der Waals surface area contributed by atoms with Gasteiger partial charge in [-0.1, -0.05) is 24.3 Å². The number of benzene rings is 1. The molecule has 1 N–H and O–H groups in total. The van der Waals surface area contributed by atoms with Crippen LogP contribution < -0.4 is 0 Å². The summed E-state index contributed by atoms with van der Waals surface area (Å²) in [6.07, 6.45) is 0.219. The van der Waals surface area contributed by atoms with Crippen LogP contribution in [0.4, 0.5) is 0 Å². The molecule has 17 heavy (non-hydrogen) atoms. The molecular formula is C13H18O4. The van der Waals surface area contributed by atoms with Crippen molar-refractivity contribution >= 4 is 5.97 Å². The van der Waals surface area contributed by atoms with Crippen LogP contribution in [0.15, 0.2) is 24.3 Å². The fraction of sp³-hybridized carbons (Fsp3) is 0.462. The van der Waals surface area contributed by atoms with Gasteiger partial charge < -0.3 is 14.6 Å². The normalized spacial score (nSPS) is 14.1. The zero-order valence-electron chi connectivity index (χ0n) is 10.4. The first-order valence-electron chi connectivity index (χ1n) is 5.37. The Labute approximate surface area is 101 Å². The number of hydrogen-bond acceptors (Lipinski definition) is 4. The molecule has 0 fully saturated rings. The summed E-state index contributed by atoms with van der Waals surface area (Å²) in [5, 5.41) is 9.95. The molecule has 94 valence electrons. The molecule has 0 amide bonds. The first kappa shape index (κ1) is 13.7. The Morgan fingerprint density at radius 1 is 1.35 bits per heavy atom. The van der Waals surface area contributed by atoms with E-state index in [2.05, 4.69) is 4.74 Å². The Hall–Kier alpha value is -1.39. The smallest absolute Gasteiger partial charge is 0.337 e. The van der Waals surface area contributed by atoms with Crippen LogP contribution in [-0.2, 0) is 27.3 Å². The number of carbonyl (C=O) groups is 1. The van der Waals surface area contributed by atoms with E-state index in [0.717, 1.165) is 11.1 Å². The van der Waals surface area contributed by atoms with Crippen LogP contribution in [0, 0.1) is 0 Å². The van der Waals surface area contributed by atoms with Crippen LogP contribution in [0.5, 0.6) is 0 Å². The van der Waals surface area contributed by atoms with Gasteiger partial charge in [0.1, 0.15) is 0 Å². The van der Waals surface area contributed by atoms with Crippen molar-refractivity contribution in [2.24, 2.45) is 0 Å². The number of aliphatic hydroxyl groups is 1. The fourth-order valence-corrected chi connectivity index (χ4v) is 1.69. The number of methoxy groups -OCH3 is 2. The summed E-state index contributed by atoms with van der Waals surface area (Å²) in [7, 11) is 2.88. The van der Waals surface area contributed by atoms with Crippen molar-refractivity contribution in [3.05, 3.63) is 35.4 Å². The predicted octanol–water partition coefficient (Wildman–Crippen LogP) is 1.30. The molecule has 0 saturated heterocycles. The van der Waals surface area contributed by atoms with E-state index in [1.807, 2.05) is 24.3 Å². The molecule has 0 bridgehead atoms. The van der Waals surface area contributed by atoms with Crippen LogP contribution in [0.2, 0.25) is 0 Å². The van der Waals surface area contributed by atoms with Crippen LogP contribution in [0.1, 0.15) is 18.1 Å². The lowest BCUT2D eigenvalue weighted by molar-refractivity contribution is -0.160. The Bertz CT molecular complexity index is 385. The lowest BCUT2D eigenvalue weighted by Crippen LogP contribution is -2.38. The number of rotatable bonds is 5. The number of hydrogen-bond donors (Lipinski definition) is 1. The van der Waals surface area contributed by atoms with E-state index in [1.54, 1.807) is 7.11 Å². The van der Waals surface area contributed by atoms with E-state index in [0.29, 0.717) is 6.61 Å². The van der Waals surface area contributed by atoms with Crippen LogP contribution >= 0.6 is 0 Å². The van der Waals surface area contributed by atoms with Crippen molar-refractivity contribution in [3.63, 3.8) is 0 Å². The van der Waals surface area contributed by atoms with Crippen LogP contribution in [0.25, 0.3) is 0 Å². The molecule has 1 rings (SSSR count). The second kappa shape index (κ2) is 5.80. The van der Waals surface area contributed by atoms with Crippen molar-refractivity contribution in [1.29, 1.82) is 0 Å². The van der Waals surface area contributed by atoms with Crippen molar-refractivity contribution in [2.75, 3.05) is 14.2 Å². The molecule has 1 atom stereocenters. The van der Waals surface area contributed by atoms with E-state index >= 15 is 0 Å². The maximum absolute atomic E-state index is 11.4. The third-order valence-electron chi connectivity index (χ3n) is 2.48. The van der Waals surface area contributed by atoms with Gasteiger partial charge in [0.15, 0.2) is 5.60 Å². The Morgan fingerprint density at radius 3 is 2.59 bits per heavy atom. The standard InChI is InChI=1S/C13H18O4/c1-13(15,12(14)17-3)8-10-5-4-6-11(7-10)9-16-2/h4-7,15H,8-9H2,1-3H3/t13-/m1/s1. The molecule has 0 heterocycles. The third-order valence-corrected chi connectivity index (χ3v) is 2.48. The van der Waals surface area contributed by atoms with Gasteiger partial charge in [-0.3, -0.25) is 0 Å². The van der Waals surface area contributed by atoms with Gasteiger partial charge >= 0.3 is 5.97 Å². The average Bonchev–Trinajstić information content (AvgIpc) is 2.28. The van der Waals surface area contributed by atoms with Gasteiger partial charge in [-0.25, -0.2) is 4.79 Å². The highest BCUT2D eigenvalue weighted by atomic mass is 16.5. The maximum Gasteiger partial charge on any atom is 0.337 e. The van der Waals surface area contributed by atoms with Gasteiger partial charge in [0, 0.05) is 13.5 Å². The van der Waals surface area contributed by atoms with Crippen molar-refractivity contribution in [3.8, 4) is 0 Å². The highest BCUT2D eigenvalue weighted by molar-refractivity contribution is 5.79. The fourth-order valence-electron chi connectivity index (χ4n) is 1.69. The highest BCUT2D eigenvalue weighted by Gasteiger charge is 2.31. The first-order chi connectivity index (χ1) is 7.99. The van der Waals surface area contributed by atoms with Crippen LogP contribution in [0.3, 0.4) is 0 Å². The Morgan fingerprint density at radius 2 is 2.00 bits per heavy atom. The predicted molar refractivity (Wildman–Crippen MR) is 63.5 cm³/mol. The molecule has 0 aliphatic heterocycles. The van der Waals surface area contributed by atoms with Gasteiger partial charge in [-0.15, -0.1) is 0 Å². The van der Waals surface area contributed by atoms with E-state index in [4.69, 9.17) is 4.74 Å². The molecule has 0 saturated carbocycles.